The first-order valence-electron chi connectivity index (χ1n) is 4.82. The molecule has 0 aliphatic rings. The van der Waals surface area contributed by atoms with Gasteiger partial charge in [-0.05, 0) is 12.8 Å². The highest BCUT2D eigenvalue weighted by molar-refractivity contribution is 9.09. The summed E-state index contributed by atoms with van der Waals surface area (Å²) in [6.45, 7) is 0.786. The van der Waals surface area contributed by atoms with Gasteiger partial charge in [0.15, 0.2) is 0 Å². The third-order valence-electron chi connectivity index (χ3n) is 1.82. The molecule has 0 spiro atoms. The Morgan fingerprint density at radius 1 is 1.15 bits per heavy atom. The lowest BCUT2D eigenvalue weighted by Crippen LogP contribution is -2.33. The van der Waals surface area contributed by atoms with E-state index in [1.165, 1.54) is 25.7 Å². The molecule has 0 aromatic rings. The molecule has 0 aromatic carbocycles. The average Bonchev–Trinajstić information content (AvgIpc) is 2.16. The Morgan fingerprint density at radius 2 is 1.77 bits per heavy atom. The van der Waals surface area contributed by atoms with Gasteiger partial charge in [-0.15, -0.1) is 0 Å². The van der Waals surface area contributed by atoms with Crippen molar-refractivity contribution in [3.8, 4) is 0 Å². The van der Waals surface area contributed by atoms with Gasteiger partial charge in [0, 0.05) is 18.9 Å². The van der Waals surface area contributed by atoms with Crippen LogP contribution in [0.1, 0.15) is 32.1 Å². The Bertz CT molecular complexity index is 131. The fourth-order valence-electron chi connectivity index (χ4n) is 1.04. The molecule has 0 unspecified atom stereocenters. The predicted molar refractivity (Wildman–Crippen MR) is 59.3 cm³/mol. The van der Waals surface area contributed by atoms with Gasteiger partial charge in [-0.3, -0.25) is 0 Å². The first kappa shape index (κ1) is 12.8. The molecule has 0 bridgehead atoms. The van der Waals surface area contributed by atoms with E-state index in [0.29, 0.717) is 0 Å². The van der Waals surface area contributed by atoms with Gasteiger partial charge in [-0.1, -0.05) is 35.2 Å². The lowest BCUT2D eigenvalue weighted by atomic mass is 10.1. The molecule has 0 atom stereocenters. The van der Waals surface area contributed by atoms with E-state index in [0.717, 1.165) is 18.3 Å². The third kappa shape index (κ3) is 9.67. The molecule has 0 saturated heterocycles. The quantitative estimate of drug-likeness (QED) is 0.529. The number of nitrogens with one attached hydrogen (secondary N) is 2. The largest absolute Gasteiger partial charge is 0.341 e. The van der Waals surface area contributed by atoms with Crippen molar-refractivity contribution in [3.05, 3.63) is 0 Å². The summed E-state index contributed by atoms with van der Waals surface area (Å²) in [6.07, 6.45) is 6.09. The molecular weight excluding hydrogens is 232 g/mol. The molecule has 0 aliphatic heterocycles. The SMILES string of the molecule is CNC(=O)NCCCCCCCBr. The number of amides is 2. The van der Waals surface area contributed by atoms with Gasteiger partial charge in [-0.2, -0.15) is 0 Å². The number of alkyl halides is 1. The Balaban J connectivity index is 2.95. The molecule has 13 heavy (non-hydrogen) atoms. The fourth-order valence-corrected chi connectivity index (χ4v) is 1.44. The van der Waals surface area contributed by atoms with Crippen LogP contribution in [0, 0.1) is 0 Å². The minimum atomic E-state index is -0.0829. The van der Waals surface area contributed by atoms with Crippen molar-refractivity contribution in [2.24, 2.45) is 0 Å². The van der Waals surface area contributed by atoms with Crippen LogP contribution in [0.15, 0.2) is 0 Å². The second-order valence-electron chi connectivity index (χ2n) is 2.96. The van der Waals surface area contributed by atoms with Crippen LogP contribution in [0.3, 0.4) is 0 Å². The molecule has 3 nitrogen and oxygen atoms in total. The van der Waals surface area contributed by atoms with Crippen molar-refractivity contribution < 1.29 is 4.79 Å². The van der Waals surface area contributed by atoms with Crippen molar-refractivity contribution in [2.45, 2.75) is 32.1 Å². The number of rotatable bonds is 7. The van der Waals surface area contributed by atoms with E-state index in [9.17, 15) is 4.79 Å². The van der Waals surface area contributed by atoms with E-state index in [4.69, 9.17) is 0 Å². The summed E-state index contributed by atoms with van der Waals surface area (Å²) in [5.41, 5.74) is 0. The topological polar surface area (TPSA) is 41.1 Å². The maximum Gasteiger partial charge on any atom is 0.314 e. The summed E-state index contributed by atoms with van der Waals surface area (Å²) < 4.78 is 0. The Kier molecular flexibility index (Phi) is 9.65. The number of urea groups is 1. The van der Waals surface area contributed by atoms with Crippen LogP contribution in [-0.2, 0) is 0 Å². The fraction of sp³-hybridized carbons (Fsp3) is 0.889. The van der Waals surface area contributed by atoms with E-state index in [1.807, 2.05) is 0 Å². The molecule has 2 amide bonds. The predicted octanol–water partition coefficient (Wildman–Crippen LogP) is 2.26. The lowest BCUT2D eigenvalue weighted by Gasteiger charge is -2.03. The number of halogens is 1. The molecule has 0 heterocycles. The number of carbonyl (C=O) groups excluding carboxylic acids is 1. The van der Waals surface area contributed by atoms with Gasteiger partial charge in [-0.25, -0.2) is 4.79 Å². The van der Waals surface area contributed by atoms with Crippen molar-refractivity contribution in [2.75, 3.05) is 18.9 Å². The zero-order chi connectivity index (χ0) is 9.94. The molecule has 0 aliphatic carbocycles. The summed E-state index contributed by atoms with van der Waals surface area (Å²) in [7, 11) is 1.63. The summed E-state index contributed by atoms with van der Waals surface area (Å²) in [5.74, 6) is 0. The van der Waals surface area contributed by atoms with E-state index < -0.39 is 0 Å². The summed E-state index contributed by atoms with van der Waals surface area (Å²) in [6, 6.07) is -0.0829. The Hall–Kier alpha value is -0.250. The molecule has 4 heteroatoms. The van der Waals surface area contributed by atoms with Gasteiger partial charge in [0.25, 0.3) is 0 Å². The van der Waals surface area contributed by atoms with Gasteiger partial charge >= 0.3 is 6.03 Å². The Labute approximate surface area is 88.8 Å². The standard InChI is InChI=1S/C9H19BrN2O/c1-11-9(13)12-8-6-4-2-3-5-7-10/h2-8H2,1H3,(H2,11,12,13). The molecule has 0 saturated carbocycles. The molecule has 0 fully saturated rings. The molecule has 2 N–H and O–H groups in total. The van der Waals surface area contributed by atoms with Crippen molar-refractivity contribution in [1.29, 1.82) is 0 Å². The van der Waals surface area contributed by atoms with Crippen LogP contribution in [0.5, 0.6) is 0 Å². The number of carbonyl (C=O) groups is 1. The van der Waals surface area contributed by atoms with E-state index >= 15 is 0 Å². The van der Waals surface area contributed by atoms with E-state index in [-0.39, 0.29) is 6.03 Å². The average molecular weight is 251 g/mol. The highest BCUT2D eigenvalue weighted by Crippen LogP contribution is 2.03. The summed E-state index contributed by atoms with van der Waals surface area (Å²) in [4.78, 5) is 10.7. The zero-order valence-corrected chi connectivity index (χ0v) is 9.82. The molecule has 0 aromatic heterocycles. The van der Waals surface area contributed by atoms with Crippen LogP contribution < -0.4 is 10.6 Å². The summed E-state index contributed by atoms with van der Waals surface area (Å²) >= 11 is 3.40. The first-order valence-corrected chi connectivity index (χ1v) is 5.95. The Morgan fingerprint density at radius 3 is 2.38 bits per heavy atom. The van der Waals surface area contributed by atoms with Gasteiger partial charge in [0.2, 0.25) is 0 Å². The normalized spacial score (nSPS) is 9.69. The second kappa shape index (κ2) is 9.84. The monoisotopic (exact) mass is 250 g/mol. The smallest absolute Gasteiger partial charge is 0.314 e. The van der Waals surface area contributed by atoms with E-state index in [1.54, 1.807) is 7.05 Å². The van der Waals surface area contributed by atoms with Crippen LogP contribution >= 0.6 is 15.9 Å². The zero-order valence-electron chi connectivity index (χ0n) is 8.24. The minimum absolute atomic E-state index is 0.0829. The number of hydrogen-bond acceptors (Lipinski definition) is 1. The van der Waals surface area contributed by atoms with Crippen LogP contribution in [0.25, 0.3) is 0 Å². The van der Waals surface area contributed by atoms with Crippen molar-refractivity contribution in [1.82, 2.24) is 10.6 Å². The van der Waals surface area contributed by atoms with Crippen molar-refractivity contribution in [3.63, 3.8) is 0 Å². The third-order valence-corrected chi connectivity index (χ3v) is 2.38. The first-order chi connectivity index (χ1) is 6.31. The van der Waals surface area contributed by atoms with Crippen molar-refractivity contribution >= 4 is 22.0 Å². The summed E-state index contributed by atoms with van der Waals surface area (Å²) in [5, 5.41) is 6.38. The highest BCUT2D eigenvalue weighted by Gasteiger charge is 1.94. The molecular formula is C9H19BrN2O. The minimum Gasteiger partial charge on any atom is -0.341 e. The van der Waals surface area contributed by atoms with Crippen LogP contribution in [0.4, 0.5) is 4.79 Å². The number of hydrogen-bond donors (Lipinski definition) is 2. The van der Waals surface area contributed by atoms with E-state index in [2.05, 4.69) is 26.6 Å². The molecule has 0 radical (unpaired) electrons. The number of unbranched alkanes of at least 4 members (excludes halogenated alkanes) is 4. The maximum atomic E-state index is 10.7. The van der Waals surface area contributed by atoms with Gasteiger partial charge in [0.05, 0.1) is 0 Å². The lowest BCUT2D eigenvalue weighted by molar-refractivity contribution is 0.242. The van der Waals surface area contributed by atoms with Gasteiger partial charge in [0.1, 0.15) is 0 Å². The van der Waals surface area contributed by atoms with Crippen LogP contribution in [0.2, 0.25) is 0 Å². The second-order valence-corrected chi connectivity index (χ2v) is 3.76. The van der Waals surface area contributed by atoms with Gasteiger partial charge < -0.3 is 10.6 Å². The molecule has 78 valence electrons. The maximum absolute atomic E-state index is 10.7. The van der Waals surface area contributed by atoms with Crippen LogP contribution in [-0.4, -0.2) is 25.0 Å². The molecule has 0 rings (SSSR count). The highest BCUT2D eigenvalue weighted by atomic mass is 79.9.